The predicted molar refractivity (Wildman–Crippen MR) is 381 cm³/mol. The maximum atomic E-state index is 13.0. The SMILES string of the molecule is CC/C=C\C/C=C\C/C=C\C/C=C\C/C=C\C/C=C\CCC(=O)OCC(COP(=O)(O)OCC(O)COP(=O)(O)OCC(COC(=O)CCCCCCC/C=C\C/C=C\CCC)OC(=O)CCCCCCCCCCCCC)OC(=O)CCCCCCCCCCCCC. The maximum absolute atomic E-state index is 13.0. The number of carbonyl (C=O) groups is 4. The number of unbranched alkanes of at least 4 members (excludes halogenated alkanes) is 26. The molecule has 19 heteroatoms. The molecular weight excluding hydrogens is 1230 g/mol. The van der Waals surface area contributed by atoms with Crippen molar-refractivity contribution in [2.24, 2.45) is 0 Å². The smallest absolute Gasteiger partial charge is 0.462 e. The van der Waals surface area contributed by atoms with Gasteiger partial charge in [-0.1, -0.05) is 279 Å². The topological polar surface area (TPSA) is 237 Å². The van der Waals surface area contributed by atoms with E-state index in [4.69, 9.17) is 37.0 Å². The number of phosphoric ester groups is 2. The van der Waals surface area contributed by atoms with E-state index >= 15 is 0 Å². The summed E-state index contributed by atoms with van der Waals surface area (Å²) in [5.41, 5.74) is 0. The van der Waals surface area contributed by atoms with Crippen molar-refractivity contribution in [3.8, 4) is 0 Å². The molecule has 94 heavy (non-hydrogen) atoms. The highest BCUT2D eigenvalue weighted by atomic mass is 31.2. The number of aliphatic hydroxyl groups excluding tert-OH is 1. The van der Waals surface area contributed by atoms with Crippen molar-refractivity contribution in [2.75, 3.05) is 39.6 Å². The first kappa shape index (κ1) is 90.0. The van der Waals surface area contributed by atoms with Gasteiger partial charge in [0.2, 0.25) is 0 Å². The third kappa shape index (κ3) is 66.6. The van der Waals surface area contributed by atoms with Gasteiger partial charge in [-0.15, -0.1) is 0 Å². The first-order valence-electron chi connectivity index (χ1n) is 36.5. The van der Waals surface area contributed by atoms with E-state index in [2.05, 4.69) is 107 Å². The van der Waals surface area contributed by atoms with Crippen molar-refractivity contribution >= 4 is 39.5 Å². The zero-order valence-corrected chi connectivity index (χ0v) is 60.7. The summed E-state index contributed by atoms with van der Waals surface area (Å²) >= 11 is 0. The van der Waals surface area contributed by atoms with Gasteiger partial charge in [-0.05, 0) is 89.9 Å². The number of phosphoric acid groups is 2. The molecule has 0 radical (unpaired) electrons. The van der Waals surface area contributed by atoms with Gasteiger partial charge in [-0.25, -0.2) is 9.13 Å². The summed E-state index contributed by atoms with van der Waals surface area (Å²) in [6.07, 6.45) is 68.6. The number of ether oxygens (including phenoxy) is 4. The van der Waals surface area contributed by atoms with Gasteiger partial charge in [0.05, 0.1) is 26.4 Å². The zero-order chi connectivity index (χ0) is 69.0. The van der Waals surface area contributed by atoms with E-state index in [1.807, 2.05) is 18.2 Å². The Morgan fingerprint density at radius 1 is 0.309 bits per heavy atom. The highest BCUT2D eigenvalue weighted by Gasteiger charge is 2.30. The Hall–Kier alpha value is -4.02. The van der Waals surface area contributed by atoms with E-state index in [0.29, 0.717) is 32.1 Å². The quantitative estimate of drug-likeness (QED) is 0.0169. The van der Waals surface area contributed by atoms with Crippen molar-refractivity contribution in [3.63, 3.8) is 0 Å². The van der Waals surface area contributed by atoms with E-state index in [1.165, 1.54) is 77.0 Å². The van der Waals surface area contributed by atoms with Crippen LogP contribution < -0.4 is 0 Å². The lowest BCUT2D eigenvalue weighted by Gasteiger charge is -2.21. The van der Waals surface area contributed by atoms with Crippen LogP contribution in [0.3, 0.4) is 0 Å². The molecule has 0 aromatic rings. The van der Waals surface area contributed by atoms with Gasteiger partial charge in [0.25, 0.3) is 0 Å². The third-order valence-corrected chi connectivity index (χ3v) is 17.0. The fourth-order valence-corrected chi connectivity index (χ4v) is 11.1. The van der Waals surface area contributed by atoms with Gasteiger partial charge in [-0.3, -0.25) is 37.3 Å². The molecule has 0 aliphatic rings. The van der Waals surface area contributed by atoms with Crippen molar-refractivity contribution in [2.45, 2.75) is 316 Å². The van der Waals surface area contributed by atoms with Gasteiger partial charge >= 0.3 is 39.5 Å². The number of carbonyl (C=O) groups excluding carboxylic acids is 4. The molecule has 0 amide bonds. The molecule has 5 atom stereocenters. The molecule has 0 heterocycles. The molecular formula is C75H130O17P2. The van der Waals surface area contributed by atoms with Crippen LogP contribution in [0.25, 0.3) is 0 Å². The maximum Gasteiger partial charge on any atom is 0.472 e. The first-order valence-corrected chi connectivity index (χ1v) is 39.5. The molecule has 0 fully saturated rings. The highest BCUT2D eigenvalue weighted by molar-refractivity contribution is 7.47. The van der Waals surface area contributed by atoms with Crippen LogP contribution in [-0.2, 0) is 65.4 Å². The molecule has 0 saturated heterocycles. The van der Waals surface area contributed by atoms with Crippen molar-refractivity contribution in [1.82, 2.24) is 0 Å². The van der Waals surface area contributed by atoms with Crippen LogP contribution in [0.5, 0.6) is 0 Å². The van der Waals surface area contributed by atoms with Crippen molar-refractivity contribution in [3.05, 3.63) is 97.2 Å². The summed E-state index contributed by atoms with van der Waals surface area (Å²) in [5.74, 6) is -2.28. The van der Waals surface area contributed by atoms with E-state index < -0.39 is 97.5 Å². The van der Waals surface area contributed by atoms with Crippen LogP contribution in [0.4, 0.5) is 0 Å². The second-order valence-corrected chi connectivity index (χ2v) is 27.1. The molecule has 542 valence electrons. The van der Waals surface area contributed by atoms with Crippen LogP contribution in [0, 0.1) is 0 Å². The molecule has 0 saturated carbocycles. The zero-order valence-electron chi connectivity index (χ0n) is 58.9. The Kier molecular flexibility index (Phi) is 64.7. The summed E-state index contributed by atoms with van der Waals surface area (Å²) in [6.45, 7) is 4.58. The number of hydrogen-bond acceptors (Lipinski definition) is 15. The molecule has 0 bridgehead atoms. The molecule has 3 N–H and O–H groups in total. The van der Waals surface area contributed by atoms with Gasteiger partial charge in [0.1, 0.15) is 19.3 Å². The first-order chi connectivity index (χ1) is 45.7. The highest BCUT2D eigenvalue weighted by Crippen LogP contribution is 2.45. The standard InChI is InChI=1S/C75H130O17P2/c1-5-9-13-17-21-25-29-31-32-33-34-35-36-38-42-44-48-52-56-60-73(78)86-66-71(92-75(80)62-58-54-50-46-40-28-24-20-16-12-8-4)68-90-94(83,84)88-64-69(76)63-87-93(81,82)89-67-70(91-74(79)61-57-53-49-45-39-27-23-19-15-11-7-3)65-85-72(77)59-55-51-47-43-41-37-30-26-22-18-14-10-6-2/h9,13-14,18,21,25-26,30-32,34-35,38,42,48,52,69-71,76H,5-8,10-12,15-17,19-20,22-24,27-29,33,36-37,39-41,43-47,49-51,53-68H2,1-4H3,(H,81,82)(H,83,84)/b13-9-,18-14-,25-21-,30-26-,32-31-,35-34-,42-38-,52-48-. The van der Waals surface area contributed by atoms with E-state index in [9.17, 15) is 43.2 Å². The Bertz CT molecular complexity index is 2170. The van der Waals surface area contributed by atoms with Crippen LogP contribution in [0.2, 0.25) is 0 Å². The van der Waals surface area contributed by atoms with Gasteiger partial charge in [0.15, 0.2) is 12.2 Å². The number of aliphatic hydroxyl groups is 1. The minimum Gasteiger partial charge on any atom is -0.462 e. The van der Waals surface area contributed by atoms with Crippen LogP contribution in [0.15, 0.2) is 97.2 Å². The number of rotatable bonds is 68. The fraction of sp³-hybridized carbons (Fsp3) is 0.733. The minimum atomic E-state index is -4.98. The Labute approximate surface area is 569 Å². The fourth-order valence-electron chi connectivity index (χ4n) is 9.52. The van der Waals surface area contributed by atoms with E-state index in [0.717, 1.165) is 135 Å². The number of allylic oxidation sites excluding steroid dienone is 16. The molecule has 0 aromatic heterocycles. The lowest BCUT2D eigenvalue weighted by atomic mass is 10.1. The Morgan fingerprint density at radius 3 is 0.957 bits per heavy atom. The summed E-state index contributed by atoms with van der Waals surface area (Å²) < 4.78 is 68.2. The van der Waals surface area contributed by atoms with E-state index in [1.54, 1.807) is 0 Å². The second-order valence-electron chi connectivity index (χ2n) is 24.2. The minimum absolute atomic E-state index is 0.0378. The lowest BCUT2D eigenvalue weighted by Crippen LogP contribution is -2.30. The normalized spacial score (nSPS) is 14.6. The van der Waals surface area contributed by atoms with Crippen LogP contribution >= 0.6 is 15.6 Å². The number of hydrogen-bond donors (Lipinski definition) is 3. The molecule has 0 aromatic carbocycles. The molecule has 0 rings (SSSR count). The van der Waals surface area contributed by atoms with Gasteiger partial charge in [-0.2, -0.15) is 0 Å². The summed E-state index contributed by atoms with van der Waals surface area (Å²) in [6, 6.07) is 0. The Balaban J connectivity index is 5.35. The summed E-state index contributed by atoms with van der Waals surface area (Å²) in [7, 11) is -9.95. The monoisotopic (exact) mass is 1360 g/mol. The summed E-state index contributed by atoms with van der Waals surface area (Å²) in [4.78, 5) is 72.5. The number of esters is 4. The van der Waals surface area contributed by atoms with Gasteiger partial charge in [0, 0.05) is 25.7 Å². The van der Waals surface area contributed by atoms with Crippen molar-refractivity contribution in [1.29, 1.82) is 0 Å². The third-order valence-electron chi connectivity index (χ3n) is 15.1. The van der Waals surface area contributed by atoms with Crippen LogP contribution in [-0.4, -0.2) is 96.7 Å². The predicted octanol–water partition coefficient (Wildman–Crippen LogP) is 20.4. The second kappa shape index (κ2) is 67.5. The largest absolute Gasteiger partial charge is 0.472 e. The molecule has 5 unspecified atom stereocenters. The van der Waals surface area contributed by atoms with Crippen molar-refractivity contribution < 1.29 is 80.2 Å². The molecule has 17 nitrogen and oxygen atoms in total. The molecule has 0 spiro atoms. The lowest BCUT2D eigenvalue weighted by molar-refractivity contribution is -0.161. The van der Waals surface area contributed by atoms with E-state index in [-0.39, 0.29) is 25.7 Å². The molecule has 0 aliphatic carbocycles. The summed E-state index contributed by atoms with van der Waals surface area (Å²) in [5, 5.41) is 10.6. The van der Waals surface area contributed by atoms with Crippen LogP contribution in [0.1, 0.15) is 297 Å². The Morgan fingerprint density at radius 2 is 0.596 bits per heavy atom. The average Bonchev–Trinajstić information content (AvgIpc) is 1.24. The molecule has 0 aliphatic heterocycles. The average molecular weight is 1370 g/mol. The van der Waals surface area contributed by atoms with Gasteiger partial charge < -0.3 is 33.8 Å².